The third-order valence-electron chi connectivity index (χ3n) is 3.31. The molecule has 108 valence electrons. The number of ether oxygens (including phenoxy) is 1. The number of aliphatic hydroxyl groups is 1. The number of carbonyl (C=O) groups is 2. The van der Waals surface area contributed by atoms with Crippen molar-refractivity contribution in [3.05, 3.63) is 29.8 Å². The molecule has 1 amide bonds. The normalized spacial score (nSPS) is 17.1. The summed E-state index contributed by atoms with van der Waals surface area (Å²) in [5.74, 6) is -1.21. The standard InChI is InChI=1S/C14H17NO5/c1-9-4-2-3-5-11(9)20-8-10(16)12(17)15-14(6-7-14)13(18)19/h2-5,10,16H,6-8H2,1H3,(H,15,17)(H,18,19)/t10-/m0/s1. The van der Waals surface area contributed by atoms with E-state index in [0.717, 1.165) is 5.56 Å². The Morgan fingerprint density at radius 3 is 2.60 bits per heavy atom. The minimum Gasteiger partial charge on any atom is -0.490 e. The van der Waals surface area contributed by atoms with Crippen LogP contribution >= 0.6 is 0 Å². The van der Waals surface area contributed by atoms with E-state index in [2.05, 4.69) is 5.32 Å². The van der Waals surface area contributed by atoms with E-state index < -0.39 is 23.5 Å². The zero-order chi connectivity index (χ0) is 14.8. The van der Waals surface area contributed by atoms with Gasteiger partial charge in [-0.25, -0.2) is 4.79 Å². The first kappa shape index (κ1) is 14.3. The minimum absolute atomic E-state index is 0.216. The van der Waals surface area contributed by atoms with Gasteiger partial charge in [0, 0.05) is 0 Å². The van der Waals surface area contributed by atoms with Crippen molar-refractivity contribution in [3.63, 3.8) is 0 Å². The Kier molecular flexibility index (Phi) is 3.94. The van der Waals surface area contributed by atoms with Crippen molar-refractivity contribution in [1.29, 1.82) is 0 Å². The van der Waals surface area contributed by atoms with Crippen molar-refractivity contribution < 1.29 is 24.5 Å². The zero-order valence-electron chi connectivity index (χ0n) is 11.1. The highest BCUT2D eigenvalue weighted by atomic mass is 16.5. The highest BCUT2D eigenvalue weighted by Gasteiger charge is 2.52. The van der Waals surface area contributed by atoms with Crippen molar-refractivity contribution in [2.45, 2.75) is 31.4 Å². The van der Waals surface area contributed by atoms with Crippen molar-refractivity contribution in [2.24, 2.45) is 0 Å². The van der Waals surface area contributed by atoms with Crippen LogP contribution in [-0.2, 0) is 9.59 Å². The van der Waals surface area contributed by atoms with Gasteiger partial charge in [0.1, 0.15) is 17.9 Å². The summed E-state index contributed by atoms with van der Waals surface area (Å²) in [6, 6.07) is 7.23. The number of hydrogen-bond donors (Lipinski definition) is 3. The Labute approximate surface area is 116 Å². The molecule has 20 heavy (non-hydrogen) atoms. The number of hydrogen-bond acceptors (Lipinski definition) is 4. The molecular weight excluding hydrogens is 262 g/mol. The lowest BCUT2D eigenvalue weighted by molar-refractivity contribution is -0.145. The van der Waals surface area contributed by atoms with Gasteiger partial charge in [-0.1, -0.05) is 18.2 Å². The Hall–Kier alpha value is -2.08. The molecule has 0 bridgehead atoms. The lowest BCUT2D eigenvalue weighted by atomic mass is 10.2. The second-order valence-corrected chi connectivity index (χ2v) is 4.97. The van der Waals surface area contributed by atoms with Crippen LogP contribution < -0.4 is 10.1 Å². The molecule has 3 N–H and O–H groups in total. The summed E-state index contributed by atoms with van der Waals surface area (Å²) in [6.07, 6.45) is -0.620. The molecule has 1 aliphatic carbocycles. The molecule has 1 atom stereocenters. The third-order valence-corrected chi connectivity index (χ3v) is 3.31. The van der Waals surface area contributed by atoms with Gasteiger partial charge in [-0.2, -0.15) is 0 Å². The molecular formula is C14H17NO5. The van der Waals surface area contributed by atoms with Gasteiger partial charge in [0.15, 0.2) is 6.10 Å². The molecule has 0 aromatic heterocycles. The number of aliphatic carboxylic acids is 1. The smallest absolute Gasteiger partial charge is 0.329 e. The molecule has 1 aliphatic rings. The average molecular weight is 279 g/mol. The largest absolute Gasteiger partial charge is 0.490 e. The number of aliphatic hydroxyl groups excluding tert-OH is 1. The molecule has 0 aliphatic heterocycles. The molecule has 0 heterocycles. The highest BCUT2D eigenvalue weighted by molar-refractivity contribution is 5.91. The van der Waals surface area contributed by atoms with Crippen LogP contribution in [0, 0.1) is 6.92 Å². The van der Waals surface area contributed by atoms with Gasteiger partial charge in [0.05, 0.1) is 0 Å². The number of benzene rings is 1. The number of rotatable bonds is 6. The minimum atomic E-state index is -1.40. The summed E-state index contributed by atoms with van der Waals surface area (Å²) in [5, 5.41) is 21.0. The fraction of sp³-hybridized carbons (Fsp3) is 0.429. The molecule has 0 unspecified atom stereocenters. The van der Waals surface area contributed by atoms with E-state index in [1.807, 2.05) is 19.1 Å². The lowest BCUT2D eigenvalue weighted by Crippen LogP contribution is -2.48. The number of carboxylic acid groups (broad SMARTS) is 1. The van der Waals surface area contributed by atoms with E-state index in [0.29, 0.717) is 18.6 Å². The Morgan fingerprint density at radius 1 is 1.40 bits per heavy atom. The third kappa shape index (κ3) is 3.08. The van der Waals surface area contributed by atoms with Crippen LogP contribution in [0.4, 0.5) is 0 Å². The molecule has 2 rings (SSSR count). The Bertz CT molecular complexity index is 524. The first-order valence-corrected chi connectivity index (χ1v) is 6.36. The first-order valence-electron chi connectivity index (χ1n) is 6.36. The maximum absolute atomic E-state index is 11.7. The Balaban J connectivity index is 1.86. The number of aryl methyl sites for hydroxylation is 1. The monoisotopic (exact) mass is 279 g/mol. The van der Waals surface area contributed by atoms with E-state index in [9.17, 15) is 14.7 Å². The maximum atomic E-state index is 11.7. The van der Waals surface area contributed by atoms with Crippen LogP contribution in [0.2, 0.25) is 0 Å². The predicted octanol–water partition coefficient (Wildman–Crippen LogP) is 0.468. The van der Waals surface area contributed by atoms with Crippen LogP contribution in [0.15, 0.2) is 24.3 Å². The fourth-order valence-corrected chi connectivity index (χ4v) is 1.80. The van der Waals surface area contributed by atoms with Crippen molar-refractivity contribution in [3.8, 4) is 5.75 Å². The highest BCUT2D eigenvalue weighted by Crippen LogP contribution is 2.35. The topological polar surface area (TPSA) is 95.9 Å². The number of amides is 1. The predicted molar refractivity (Wildman–Crippen MR) is 70.4 cm³/mol. The van der Waals surface area contributed by atoms with Gasteiger partial charge < -0.3 is 20.3 Å². The molecule has 1 aromatic carbocycles. The van der Waals surface area contributed by atoms with Gasteiger partial charge >= 0.3 is 5.97 Å². The molecule has 6 nitrogen and oxygen atoms in total. The van der Waals surface area contributed by atoms with Gasteiger partial charge in [-0.05, 0) is 31.4 Å². The molecule has 0 saturated heterocycles. The second-order valence-electron chi connectivity index (χ2n) is 4.97. The van der Waals surface area contributed by atoms with E-state index in [1.54, 1.807) is 12.1 Å². The van der Waals surface area contributed by atoms with Crippen LogP contribution in [-0.4, -0.2) is 40.3 Å². The van der Waals surface area contributed by atoms with Gasteiger partial charge in [0.25, 0.3) is 5.91 Å². The van der Waals surface area contributed by atoms with Crippen molar-refractivity contribution in [2.75, 3.05) is 6.61 Å². The molecule has 1 aromatic rings. The summed E-state index contributed by atoms with van der Waals surface area (Å²) >= 11 is 0. The SMILES string of the molecule is Cc1ccccc1OC[C@H](O)C(=O)NC1(C(=O)O)CC1. The molecule has 1 fully saturated rings. The lowest BCUT2D eigenvalue weighted by Gasteiger charge is -2.17. The summed E-state index contributed by atoms with van der Waals surface area (Å²) < 4.78 is 5.36. The summed E-state index contributed by atoms with van der Waals surface area (Å²) in [6.45, 7) is 1.64. The number of carboxylic acids is 1. The summed E-state index contributed by atoms with van der Waals surface area (Å²) in [5.41, 5.74) is -0.301. The summed E-state index contributed by atoms with van der Waals surface area (Å²) in [7, 11) is 0. The van der Waals surface area contributed by atoms with Crippen LogP contribution in [0.5, 0.6) is 5.75 Å². The summed E-state index contributed by atoms with van der Waals surface area (Å²) in [4.78, 5) is 22.6. The average Bonchev–Trinajstić information content (AvgIpc) is 3.18. The fourth-order valence-electron chi connectivity index (χ4n) is 1.80. The molecule has 6 heteroatoms. The Morgan fingerprint density at radius 2 is 2.05 bits per heavy atom. The van der Waals surface area contributed by atoms with Gasteiger partial charge in [0.2, 0.25) is 0 Å². The van der Waals surface area contributed by atoms with Crippen LogP contribution in [0.25, 0.3) is 0 Å². The number of nitrogens with one attached hydrogen (secondary N) is 1. The number of carbonyl (C=O) groups excluding carboxylic acids is 1. The van der Waals surface area contributed by atoms with E-state index >= 15 is 0 Å². The van der Waals surface area contributed by atoms with Gasteiger partial charge in [-0.15, -0.1) is 0 Å². The number of para-hydroxylation sites is 1. The zero-order valence-corrected chi connectivity index (χ0v) is 11.1. The molecule has 1 saturated carbocycles. The van der Waals surface area contributed by atoms with Crippen LogP contribution in [0.3, 0.4) is 0 Å². The first-order chi connectivity index (χ1) is 9.44. The van der Waals surface area contributed by atoms with Crippen molar-refractivity contribution >= 4 is 11.9 Å². The maximum Gasteiger partial charge on any atom is 0.329 e. The second kappa shape index (κ2) is 5.50. The van der Waals surface area contributed by atoms with E-state index in [4.69, 9.17) is 9.84 Å². The van der Waals surface area contributed by atoms with E-state index in [-0.39, 0.29) is 6.61 Å². The van der Waals surface area contributed by atoms with Crippen molar-refractivity contribution in [1.82, 2.24) is 5.32 Å². The molecule has 0 spiro atoms. The van der Waals surface area contributed by atoms with E-state index in [1.165, 1.54) is 0 Å². The van der Waals surface area contributed by atoms with Gasteiger partial charge in [-0.3, -0.25) is 4.79 Å². The molecule has 0 radical (unpaired) electrons. The quantitative estimate of drug-likeness (QED) is 0.703. The van der Waals surface area contributed by atoms with Crippen LogP contribution in [0.1, 0.15) is 18.4 Å².